The van der Waals surface area contributed by atoms with Crippen molar-refractivity contribution in [2.75, 3.05) is 0 Å². The molecule has 2 rings (SSSR count). The molecule has 0 bridgehead atoms. The van der Waals surface area contributed by atoms with Crippen LogP contribution in [0.25, 0.3) is 10.9 Å². The number of nitrogens with two attached hydrogens (primary N) is 1. The van der Waals surface area contributed by atoms with Crippen LogP contribution in [0, 0.1) is 17.7 Å². The van der Waals surface area contributed by atoms with Gasteiger partial charge in [0.2, 0.25) is 0 Å². The molecule has 0 saturated carbocycles. The molecule has 0 amide bonds. The summed E-state index contributed by atoms with van der Waals surface area (Å²) in [5.74, 6) is 0. The summed E-state index contributed by atoms with van der Waals surface area (Å²) in [5, 5.41) is 16.3. The Labute approximate surface area is 111 Å². The molecule has 0 unspecified atom stereocenters. The summed E-state index contributed by atoms with van der Waals surface area (Å²) in [5.41, 5.74) is 8.25. The number of thioether (sulfide) groups is 1. The number of H-pyrrole nitrogens is 1. The fraction of sp³-hybridized carbons (Fsp3) is 0.231. The average molecular weight is 262 g/mol. The zero-order valence-corrected chi connectivity index (χ0v) is 11.6. The summed E-state index contributed by atoms with van der Waals surface area (Å²) in [6.07, 6.45) is 1.94. The van der Waals surface area contributed by atoms with Gasteiger partial charge in [0.25, 0.3) is 0 Å². The lowest BCUT2D eigenvalue weighted by Gasteiger charge is -2.02. The van der Waals surface area contributed by atoms with Gasteiger partial charge in [0.1, 0.15) is 5.04 Å². The molecule has 96 valence electrons. The van der Waals surface area contributed by atoms with Crippen molar-refractivity contribution in [1.29, 1.82) is 10.8 Å². The van der Waals surface area contributed by atoms with Crippen LogP contribution in [0.2, 0.25) is 0 Å². The molecular formula is C13H18N4S. The molecule has 0 aliphatic rings. The Kier molecular flexibility index (Phi) is 4.97. The highest BCUT2D eigenvalue weighted by Gasteiger charge is 2.06. The zero-order valence-electron chi connectivity index (χ0n) is 10.8. The molecule has 0 radical (unpaired) electrons. The van der Waals surface area contributed by atoms with Gasteiger partial charge in [-0.1, -0.05) is 19.9 Å². The van der Waals surface area contributed by atoms with Crippen molar-refractivity contribution in [1.82, 2.24) is 4.98 Å². The number of amidine groups is 1. The number of hydrogen-bond donors (Lipinski definition) is 4. The molecule has 0 spiro atoms. The van der Waals surface area contributed by atoms with E-state index in [1.54, 1.807) is 0 Å². The largest absolute Gasteiger partial charge is 0.378 e. The molecule has 1 aromatic heterocycles. The third kappa shape index (κ3) is 3.13. The second kappa shape index (κ2) is 6.26. The van der Waals surface area contributed by atoms with Crippen LogP contribution in [-0.4, -0.2) is 15.2 Å². The predicted octanol–water partition coefficient (Wildman–Crippen LogP) is 3.45. The summed E-state index contributed by atoms with van der Waals surface area (Å²) in [6.45, 7) is 6.02. The Morgan fingerprint density at radius 3 is 2.56 bits per heavy atom. The summed E-state index contributed by atoms with van der Waals surface area (Å²) in [6, 6.07) is 5.74. The number of aromatic nitrogens is 1. The molecule has 1 heterocycles. The maximum Gasteiger partial charge on any atom is 0.157 e. The van der Waals surface area contributed by atoms with Crippen molar-refractivity contribution < 1.29 is 0 Å². The predicted molar refractivity (Wildman–Crippen MR) is 80.7 cm³/mol. The van der Waals surface area contributed by atoms with Crippen LogP contribution >= 0.6 is 11.8 Å². The Bertz CT molecular complexity index is 571. The fourth-order valence-corrected chi connectivity index (χ4v) is 2.03. The van der Waals surface area contributed by atoms with Gasteiger partial charge in [-0.15, -0.1) is 0 Å². The minimum absolute atomic E-state index is 0.0594. The standard InChI is InChI=1S/C11H12N4S.C2H6/c1-6-5-15-9-3-2-7(4-8(6)9)10(12)16-11(13)14;1-2/h2-5,12,15H,1H3,(H3,13,14);1-2H3. The fourth-order valence-electron chi connectivity index (χ4n) is 1.57. The molecule has 18 heavy (non-hydrogen) atoms. The Morgan fingerprint density at radius 1 is 1.28 bits per heavy atom. The van der Waals surface area contributed by atoms with Crippen LogP contribution in [0.15, 0.2) is 24.4 Å². The van der Waals surface area contributed by atoms with E-state index in [1.807, 2.05) is 45.2 Å². The molecule has 5 heteroatoms. The van der Waals surface area contributed by atoms with E-state index in [1.165, 1.54) is 0 Å². The molecule has 5 N–H and O–H groups in total. The number of aromatic amines is 1. The normalized spacial score (nSPS) is 9.72. The molecular weight excluding hydrogens is 244 g/mol. The van der Waals surface area contributed by atoms with E-state index in [4.69, 9.17) is 16.6 Å². The molecule has 0 atom stereocenters. The van der Waals surface area contributed by atoms with Crippen molar-refractivity contribution in [2.45, 2.75) is 20.8 Å². The highest BCUT2D eigenvalue weighted by atomic mass is 32.2. The molecule has 0 saturated heterocycles. The van der Waals surface area contributed by atoms with Crippen LogP contribution in [0.5, 0.6) is 0 Å². The number of hydrogen-bond acceptors (Lipinski definition) is 3. The van der Waals surface area contributed by atoms with Crippen molar-refractivity contribution in [3.8, 4) is 0 Å². The maximum absolute atomic E-state index is 7.79. The SMILES string of the molecule is CC.Cc1c[nH]c2ccc(C(=N)SC(=N)N)cc12. The summed E-state index contributed by atoms with van der Waals surface area (Å²) >= 11 is 0.959. The Morgan fingerprint density at radius 2 is 1.94 bits per heavy atom. The van der Waals surface area contributed by atoms with Crippen molar-refractivity contribution in [2.24, 2.45) is 5.73 Å². The van der Waals surface area contributed by atoms with Crippen LogP contribution in [0.4, 0.5) is 0 Å². The second-order valence-corrected chi connectivity index (χ2v) is 4.58. The summed E-state index contributed by atoms with van der Waals surface area (Å²) in [4.78, 5) is 3.15. The maximum atomic E-state index is 7.79. The van der Waals surface area contributed by atoms with Gasteiger partial charge in [-0.3, -0.25) is 10.8 Å². The lowest BCUT2D eigenvalue weighted by atomic mass is 10.1. The minimum atomic E-state index is -0.0594. The first-order chi connectivity index (χ1) is 8.58. The summed E-state index contributed by atoms with van der Waals surface area (Å²) in [7, 11) is 0. The molecule has 0 aliphatic heterocycles. The second-order valence-electron chi connectivity index (χ2n) is 3.53. The highest BCUT2D eigenvalue weighted by Crippen LogP contribution is 2.21. The minimum Gasteiger partial charge on any atom is -0.378 e. The Balaban J connectivity index is 0.000000771. The highest BCUT2D eigenvalue weighted by molar-refractivity contribution is 8.26. The lowest BCUT2D eigenvalue weighted by molar-refractivity contribution is 1.43. The van der Waals surface area contributed by atoms with E-state index in [9.17, 15) is 0 Å². The van der Waals surface area contributed by atoms with Crippen molar-refractivity contribution in [3.05, 3.63) is 35.5 Å². The van der Waals surface area contributed by atoms with Gasteiger partial charge in [0, 0.05) is 22.7 Å². The van der Waals surface area contributed by atoms with Crippen LogP contribution in [-0.2, 0) is 0 Å². The van der Waals surface area contributed by atoms with Gasteiger partial charge in [0.15, 0.2) is 5.17 Å². The topological polar surface area (TPSA) is 89.5 Å². The number of aryl methyl sites for hydroxylation is 1. The first-order valence-electron chi connectivity index (χ1n) is 5.76. The monoisotopic (exact) mass is 262 g/mol. The third-order valence-electron chi connectivity index (χ3n) is 2.36. The number of rotatable bonds is 1. The molecule has 0 fully saturated rings. The van der Waals surface area contributed by atoms with Crippen molar-refractivity contribution in [3.63, 3.8) is 0 Å². The lowest BCUT2D eigenvalue weighted by Crippen LogP contribution is -2.08. The van der Waals surface area contributed by atoms with Gasteiger partial charge in [-0.05, 0) is 36.4 Å². The molecule has 0 aliphatic carbocycles. The summed E-state index contributed by atoms with van der Waals surface area (Å²) < 4.78 is 0. The Hall–Kier alpha value is -1.75. The van der Waals surface area contributed by atoms with Crippen LogP contribution in [0.3, 0.4) is 0 Å². The average Bonchev–Trinajstić information content (AvgIpc) is 2.72. The van der Waals surface area contributed by atoms with Crippen molar-refractivity contribution >= 4 is 32.9 Å². The van der Waals surface area contributed by atoms with Crippen LogP contribution in [0.1, 0.15) is 25.0 Å². The van der Waals surface area contributed by atoms with Gasteiger partial charge < -0.3 is 10.7 Å². The van der Waals surface area contributed by atoms with Gasteiger partial charge >= 0.3 is 0 Å². The first kappa shape index (κ1) is 14.3. The first-order valence-corrected chi connectivity index (χ1v) is 6.58. The number of benzene rings is 1. The molecule has 4 nitrogen and oxygen atoms in total. The third-order valence-corrected chi connectivity index (χ3v) is 3.02. The smallest absolute Gasteiger partial charge is 0.157 e. The van der Waals surface area contributed by atoms with Gasteiger partial charge in [0.05, 0.1) is 0 Å². The van der Waals surface area contributed by atoms with Gasteiger partial charge in [-0.25, -0.2) is 0 Å². The van der Waals surface area contributed by atoms with E-state index in [0.29, 0.717) is 5.04 Å². The van der Waals surface area contributed by atoms with Gasteiger partial charge in [-0.2, -0.15) is 0 Å². The molecule has 1 aromatic carbocycles. The van der Waals surface area contributed by atoms with E-state index in [-0.39, 0.29) is 5.17 Å². The molecule has 2 aromatic rings. The quantitative estimate of drug-likeness (QED) is 0.468. The van der Waals surface area contributed by atoms with Crippen LogP contribution < -0.4 is 5.73 Å². The van der Waals surface area contributed by atoms with E-state index in [2.05, 4.69) is 4.98 Å². The number of nitrogens with one attached hydrogen (secondary N) is 3. The van der Waals surface area contributed by atoms with E-state index >= 15 is 0 Å². The van der Waals surface area contributed by atoms with E-state index < -0.39 is 0 Å². The zero-order chi connectivity index (χ0) is 13.7. The number of fused-ring (bicyclic) bond motifs is 1. The van der Waals surface area contributed by atoms with E-state index in [0.717, 1.165) is 33.8 Å².